The smallest absolute Gasteiger partial charge is 0.0249 e. The third-order valence-corrected chi connectivity index (χ3v) is 4.03. The molecule has 2 N–H and O–H groups in total. The molecule has 2 nitrogen and oxygen atoms in total. The van der Waals surface area contributed by atoms with Gasteiger partial charge in [0, 0.05) is 18.6 Å². The first kappa shape index (κ1) is 14.0. The molecule has 0 bridgehead atoms. The fraction of sp³-hybridized carbons (Fsp3) is 1.00. The summed E-state index contributed by atoms with van der Waals surface area (Å²) in [6, 6.07) is 1.03. The van der Waals surface area contributed by atoms with Crippen LogP contribution in [-0.2, 0) is 0 Å². The molecular formula is C14H30N2. The normalized spacial score (nSPS) is 31.3. The van der Waals surface area contributed by atoms with Gasteiger partial charge in [-0.2, -0.15) is 0 Å². The lowest BCUT2D eigenvalue weighted by Gasteiger charge is -2.41. The van der Waals surface area contributed by atoms with Crippen molar-refractivity contribution >= 4 is 0 Å². The number of nitrogens with zero attached hydrogens (tertiary/aromatic N) is 1. The SMILES string of the molecule is CCC1CCC(N)C(N(CC)CC(C)C)C1. The summed E-state index contributed by atoms with van der Waals surface area (Å²) >= 11 is 0. The number of hydrogen-bond donors (Lipinski definition) is 1. The van der Waals surface area contributed by atoms with Crippen molar-refractivity contribution in [3.05, 3.63) is 0 Å². The molecule has 1 fully saturated rings. The molecule has 0 heterocycles. The maximum Gasteiger partial charge on any atom is 0.0249 e. The molecule has 3 unspecified atom stereocenters. The van der Waals surface area contributed by atoms with E-state index in [4.69, 9.17) is 5.73 Å². The van der Waals surface area contributed by atoms with Gasteiger partial charge in [0.25, 0.3) is 0 Å². The average Bonchev–Trinajstić information content (AvgIpc) is 2.26. The summed E-state index contributed by atoms with van der Waals surface area (Å²) in [5, 5.41) is 0. The molecule has 16 heavy (non-hydrogen) atoms. The van der Waals surface area contributed by atoms with Crippen LogP contribution in [0.2, 0.25) is 0 Å². The van der Waals surface area contributed by atoms with Crippen LogP contribution in [0.1, 0.15) is 53.4 Å². The van der Waals surface area contributed by atoms with E-state index in [1.807, 2.05) is 0 Å². The first-order chi connectivity index (χ1) is 7.58. The predicted octanol–water partition coefficient (Wildman–Crippen LogP) is 2.87. The van der Waals surface area contributed by atoms with E-state index in [0.29, 0.717) is 12.1 Å². The van der Waals surface area contributed by atoms with Crippen molar-refractivity contribution in [2.75, 3.05) is 13.1 Å². The molecule has 0 spiro atoms. The van der Waals surface area contributed by atoms with E-state index >= 15 is 0 Å². The Bertz CT molecular complexity index is 191. The molecule has 2 heteroatoms. The first-order valence-electron chi connectivity index (χ1n) is 7.08. The fourth-order valence-corrected chi connectivity index (χ4v) is 3.01. The van der Waals surface area contributed by atoms with Gasteiger partial charge in [0.05, 0.1) is 0 Å². The summed E-state index contributed by atoms with van der Waals surface area (Å²) in [6.07, 6.45) is 5.20. The molecule has 96 valence electrons. The first-order valence-corrected chi connectivity index (χ1v) is 7.08. The van der Waals surface area contributed by atoms with Crippen LogP contribution in [0.5, 0.6) is 0 Å². The van der Waals surface area contributed by atoms with Crippen LogP contribution < -0.4 is 5.73 Å². The molecule has 3 atom stereocenters. The fourth-order valence-electron chi connectivity index (χ4n) is 3.01. The molecule has 0 amide bonds. The van der Waals surface area contributed by atoms with E-state index in [1.165, 1.54) is 32.2 Å². The van der Waals surface area contributed by atoms with Gasteiger partial charge in [0.2, 0.25) is 0 Å². The van der Waals surface area contributed by atoms with Crippen LogP contribution in [0.3, 0.4) is 0 Å². The van der Waals surface area contributed by atoms with Gasteiger partial charge in [-0.3, -0.25) is 4.90 Å². The maximum atomic E-state index is 6.31. The summed E-state index contributed by atoms with van der Waals surface area (Å²) in [4.78, 5) is 2.61. The minimum Gasteiger partial charge on any atom is -0.326 e. The van der Waals surface area contributed by atoms with E-state index < -0.39 is 0 Å². The van der Waals surface area contributed by atoms with Crippen LogP contribution in [0.4, 0.5) is 0 Å². The van der Waals surface area contributed by atoms with Crippen molar-refractivity contribution in [3.63, 3.8) is 0 Å². The van der Waals surface area contributed by atoms with E-state index in [9.17, 15) is 0 Å². The molecule has 1 aliphatic rings. The number of nitrogens with two attached hydrogens (primary N) is 1. The Balaban J connectivity index is 2.58. The lowest BCUT2D eigenvalue weighted by molar-refractivity contribution is 0.104. The van der Waals surface area contributed by atoms with Crippen molar-refractivity contribution < 1.29 is 0 Å². The zero-order valence-corrected chi connectivity index (χ0v) is 11.6. The average molecular weight is 226 g/mol. The highest BCUT2D eigenvalue weighted by Crippen LogP contribution is 2.29. The van der Waals surface area contributed by atoms with E-state index in [1.54, 1.807) is 0 Å². The van der Waals surface area contributed by atoms with Crippen LogP contribution >= 0.6 is 0 Å². The lowest BCUT2D eigenvalue weighted by Crippen LogP contribution is -2.52. The number of hydrogen-bond acceptors (Lipinski definition) is 2. The van der Waals surface area contributed by atoms with Gasteiger partial charge in [-0.05, 0) is 37.6 Å². The van der Waals surface area contributed by atoms with Crippen LogP contribution in [-0.4, -0.2) is 30.1 Å². The van der Waals surface area contributed by atoms with Crippen molar-refractivity contribution in [2.24, 2.45) is 17.6 Å². The zero-order chi connectivity index (χ0) is 12.1. The summed E-state index contributed by atoms with van der Waals surface area (Å²) in [6.45, 7) is 11.5. The lowest BCUT2D eigenvalue weighted by atomic mass is 9.80. The molecule has 0 radical (unpaired) electrons. The molecule has 1 saturated carbocycles. The second kappa shape index (κ2) is 6.61. The highest BCUT2D eigenvalue weighted by molar-refractivity contribution is 4.89. The second-order valence-corrected chi connectivity index (χ2v) is 5.80. The molecule has 1 rings (SSSR count). The van der Waals surface area contributed by atoms with Gasteiger partial charge in [0.1, 0.15) is 0 Å². The molecule has 0 aromatic carbocycles. The van der Waals surface area contributed by atoms with Crippen LogP contribution in [0, 0.1) is 11.8 Å². The van der Waals surface area contributed by atoms with Gasteiger partial charge in [-0.1, -0.05) is 34.1 Å². The van der Waals surface area contributed by atoms with Crippen LogP contribution in [0.15, 0.2) is 0 Å². The van der Waals surface area contributed by atoms with Gasteiger partial charge in [-0.15, -0.1) is 0 Å². The van der Waals surface area contributed by atoms with Gasteiger partial charge in [0.15, 0.2) is 0 Å². The zero-order valence-electron chi connectivity index (χ0n) is 11.6. The molecular weight excluding hydrogens is 196 g/mol. The largest absolute Gasteiger partial charge is 0.326 e. The minimum absolute atomic E-state index is 0.404. The molecule has 0 aliphatic heterocycles. The number of rotatable bonds is 5. The predicted molar refractivity (Wildman–Crippen MR) is 71.5 cm³/mol. The molecule has 0 aromatic heterocycles. The monoisotopic (exact) mass is 226 g/mol. The molecule has 1 aliphatic carbocycles. The Morgan fingerprint density at radius 1 is 1.25 bits per heavy atom. The van der Waals surface area contributed by atoms with Crippen molar-refractivity contribution in [1.29, 1.82) is 0 Å². The minimum atomic E-state index is 0.404. The molecule has 0 aromatic rings. The number of likely N-dealkylation sites (N-methyl/N-ethyl adjacent to an activating group) is 1. The Labute approximate surface area is 102 Å². The highest BCUT2D eigenvalue weighted by Gasteiger charge is 2.31. The van der Waals surface area contributed by atoms with E-state index in [0.717, 1.165) is 18.4 Å². The quantitative estimate of drug-likeness (QED) is 0.781. The third-order valence-electron chi connectivity index (χ3n) is 4.03. The maximum absolute atomic E-state index is 6.31. The van der Waals surface area contributed by atoms with Crippen molar-refractivity contribution in [1.82, 2.24) is 4.90 Å². The Hall–Kier alpha value is -0.0800. The Kier molecular flexibility index (Phi) is 5.77. The Morgan fingerprint density at radius 3 is 2.44 bits per heavy atom. The van der Waals surface area contributed by atoms with Gasteiger partial charge in [-0.25, -0.2) is 0 Å². The van der Waals surface area contributed by atoms with E-state index in [2.05, 4.69) is 32.6 Å². The van der Waals surface area contributed by atoms with Crippen LogP contribution in [0.25, 0.3) is 0 Å². The molecule has 0 saturated heterocycles. The van der Waals surface area contributed by atoms with Gasteiger partial charge < -0.3 is 5.73 Å². The Morgan fingerprint density at radius 2 is 1.94 bits per heavy atom. The van der Waals surface area contributed by atoms with E-state index in [-0.39, 0.29) is 0 Å². The van der Waals surface area contributed by atoms with Crippen molar-refractivity contribution in [3.8, 4) is 0 Å². The summed E-state index contributed by atoms with van der Waals surface area (Å²) in [5.41, 5.74) is 6.31. The summed E-state index contributed by atoms with van der Waals surface area (Å²) in [5.74, 6) is 1.65. The topological polar surface area (TPSA) is 29.3 Å². The second-order valence-electron chi connectivity index (χ2n) is 5.80. The standard InChI is InChI=1S/C14H30N2/c1-5-12-7-8-13(15)14(9-12)16(6-2)10-11(3)4/h11-14H,5-10,15H2,1-4H3. The summed E-state index contributed by atoms with van der Waals surface area (Å²) < 4.78 is 0. The summed E-state index contributed by atoms with van der Waals surface area (Å²) in [7, 11) is 0. The third kappa shape index (κ3) is 3.74. The van der Waals surface area contributed by atoms with Gasteiger partial charge >= 0.3 is 0 Å². The highest BCUT2D eigenvalue weighted by atomic mass is 15.2. The van der Waals surface area contributed by atoms with Crippen molar-refractivity contribution in [2.45, 2.75) is 65.5 Å².